The van der Waals surface area contributed by atoms with Crippen LogP contribution in [-0.2, 0) is 14.8 Å². The maximum Gasteiger partial charge on any atom is 0.254 e. The van der Waals surface area contributed by atoms with Crippen LogP contribution in [-0.4, -0.2) is 32.5 Å². The van der Waals surface area contributed by atoms with Gasteiger partial charge in [0.15, 0.2) is 0 Å². The average Bonchev–Trinajstić information content (AvgIpc) is 2.61. The Morgan fingerprint density at radius 2 is 1.66 bits per heavy atom. The van der Waals surface area contributed by atoms with Gasteiger partial charge in [0.2, 0.25) is 15.9 Å². The van der Waals surface area contributed by atoms with E-state index in [-0.39, 0.29) is 22.9 Å². The third kappa shape index (κ3) is 6.24. The largest absolute Gasteiger partial charge is 0.340 e. The Hall–Kier alpha value is -3.01. The zero-order chi connectivity index (χ0) is 21.8. The van der Waals surface area contributed by atoms with Crippen molar-refractivity contribution >= 4 is 33.2 Å². The summed E-state index contributed by atoms with van der Waals surface area (Å²) in [5.41, 5.74) is -0.414. The highest BCUT2D eigenvalue weighted by Crippen LogP contribution is 2.21. The number of carbonyl (C=O) groups excluding carboxylic acids is 2. The standard InChI is InChI=1S/C19H21F2N3O4S/c1-11(2)17(23-18(25)13-6-4-5-7-14(13)20)19(26)22-12-8-9-15(21)16(10-12)24-29(3,27)28/h4-11,17,24H,1-3H3,(H,22,26)(H,23,25). The minimum absolute atomic E-state index is 0.119. The zero-order valence-corrected chi connectivity index (χ0v) is 16.8. The monoisotopic (exact) mass is 425 g/mol. The molecular weight excluding hydrogens is 404 g/mol. The van der Waals surface area contributed by atoms with Crippen LogP contribution < -0.4 is 15.4 Å². The van der Waals surface area contributed by atoms with Gasteiger partial charge >= 0.3 is 0 Å². The number of rotatable bonds is 7. The fourth-order valence-electron chi connectivity index (χ4n) is 2.50. The van der Waals surface area contributed by atoms with Gasteiger partial charge in [0, 0.05) is 5.69 Å². The van der Waals surface area contributed by atoms with Crippen molar-refractivity contribution < 1.29 is 26.8 Å². The molecule has 3 N–H and O–H groups in total. The molecule has 0 aromatic heterocycles. The van der Waals surface area contributed by atoms with Crippen molar-refractivity contribution in [3.05, 3.63) is 59.7 Å². The third-order valence-electron chi connectivity index (χ3n) is 3.88. The summed E-state index contributed by atoms with van der Waals surface area (Å²) < 4.78 is 52.3. The second kappa shape index (κ2) is 8.99. The van der Waals surface area contributed by atoms with E-state index < -0.39 is 39.5 Å². The van der Waals surface area contributed by atoms with Gasteiger partial charge in [-0.15, -0.1) is 0 Å². The lowest BCUT2D eigenvalue weighted by Crippen LogP contribution is -2.47. The average molecular weight is 425 g/mol. The molecule has 156 valence electrons. The Labute approximate surface area is 167 Å². The van der Waals surface area contributed by atoms with Crippen molar-refractivity contribution in [1.29, 1.82) is 0 Å². The normalized spacial score (nSPS) is 12.3. The van der Waals surface area contributed by atoms with Crippen molar-refractivity contribution in [1.82, 2.24) is 5.32 Å². The fourth-order valence-corrected chi connectivity index (χ4v) is 3.06. The number of benzene rings is 2. The second-order valence-electron chi connectivity index (χ2n) is 6.73. The SMILES string of the molecule is CC(C)C(NC(=O)c1ccccc1F)C(=O)Nc1ccc(F)c(NS(C)(=O)=O)c1. The summed E-state index contributed by atoms with van der Waals surface area (Å²) in [6.45, 7) is 3.38. The number of sulfonamides is 1. The van der Waals surface area contributed by atoms with E-state index >= 15 is 0 Å². The molecule has 1 unspecified atom stereocenters. The number of amides is 2. The van der Waals surface area contributed by atoms with Crippen LogP contribution in [0, 0.1) is 17.6 Å². The third-order valence-corrected chi connectivity index (χ3v) is 4.47. The molecule has 0 aliphatic rings. The van der Waals surface area contributed by atoms with Gasteiger partial charge in [-0.1, -0.05) is 26.0 Å². The topological polar surface area (TPSA) is 104 Å². The van der Waals surface area contributed by atoms with Gasteiger partial charge in [0.25, 0.3) is 5.91 Å². The number of carbonyl (C=O) groups is 2. The van der Waals surface area contributed by atoms with Crippen LogP contribution in [0.2, 0.25) is 0 Å². The molecule has 0 heterocycles. The molecule has 2 aromatic rings. The smallest absolute Gasteiger partial charge is 0.254 e. The number of hydrogen-bond donors (Lipinski definition) is 3. The van der Waals surface area contributed by atoms with Gasteiger partial charge in [0.1, 0.15) is 17.7 Å². The van der Waals surface area contributed by atoms with E-state index in [1.54, 1.807) is 13.8 Å². The van der Waals surface area contributed by atoms with E-state index in [2.05, 4.69) is 10.6 Å². The molecule has 10 heteroatoms. The van der Waals surface area contributed by atoms with E-state index in [1.165, 1.54) is 24.3 Å². The summed E-state index contributed by atoms with van der Waals surface area (Å²) in [5.74, 6) is -3.26. The first-order valence-electron chi connectivity index (χ1n) is 8.61. The highest BCUT2D eigenvalue weighted by molar-refractivity contribution is 7.92. The van der Waals surface area contributed by atoms with Crippen molar-refractivity contribution in [2.24, 2.45) is 5.92 Å². The molecule has 2 amide bonds. The first kappa shape index (κ1) is 22.3. The van der Waals surface area contributed by atoms with E-state index in [9.17, 15) is 26.8 Å². The summed E-state index contributed by atoms with van der Waals surface area (Å²) in [6.07, 6.45) is 0.866. The Balaban J connectivity index is 2.19. The van der Waals surface area contributed by atoms with Crippen LogP contribution in [0.3, 0.4) is 0 Å². The molecule has 0 saturated heterocycles. The molecule has 7 nitrogen and oxygen atoms in total. The van der Waals surface area contributed by atoms with Crippen molar-refractivity contribution in [2.75, 3.05) is 16.3 Å². The van der Waals surface area contributed by atoms with Crippen LogP contribution in [0.15, 0.2) is 42.5 Å². The first-order valence-corrected chi connectivity index (χ1v) is 10.5. The Kier molecular flexibility index (Phi) is 6.91. The molecule has 29 heavy (non-hydrogen) atoms. The van der Waals surface area contributed by atoms with Gasteiger partial charge in [-0.05, 0) is 36.2 Å². The molecule has 0 aliphatic heterocycles. The molecule has 0 aliphatic carbocycles. The number of nitrogens with one attached hydrogen (secondary N) is 3. The van der Waals surface area contributed by atoms with Crippen LogP contribution in [0.25, 0.3) is 0 Å². The van der Waals surface area contributed by atoms with Crippen LogP contribution in [0.4, 0.5) is 20.2 Å². The molecule has 2 rings (SSSR count). The van der Waals surface area contributed by atoms with Crippen molar-refractivity contribution in [3.63, 3.8) is 0 Å². The van der Waals surface area contributed by atoms with Gasteiger partial charge in [-0.3, -0.25) is 14.3 Å². The maximum atomic E-state index is 13.8. The highest BCUT2D eigenvalue weighted by Gasteiger charge is 2.26. The van der Waals surface area contributed by atoms with Gasteiger partial charge in [-0.25, -0.2) is 17.2 Å². The summed E-state index contributed by atoms with van der Waals surface area (Å²) >= 11 is 0. The molecular formula is C19H21F2N3O4S. The molecule has 2 aromatic carbocycles. The maximum absolute atomic E-state index is 13.8. The highest BCUT2D eigenvalue weighted by atomic mass is 32.2. The van der Waals surface area contributed by atoms with E-state index in [0.717, 1.165) is 24.5 Å². The lowest BCUT2D eigenvalue weighted by atomic mass is 10.0. The van der Waals surface area contributed by atoms with Gasteiger partial charge in [-0.2, -0.15) is 0 Å². The predicted octanol–water partition coefficient (Wildman–Crippen LogP) is 2.73. The lowest BCUT2D eigenvalue weighted by Gasteiger charge is -2.22. The van der Waals surface area contributed by atoms with Crippen LogP contribution in [0.5, 0.6) is 0 Å². The van der Waals surface area contributed by atoms with Crippen molar-refractivity contribution in [2.45, 2.75) is 19.9 Å². The summed E-state index contributed by atoms with van der Waals surface area (Å²) in [4.78, 5) is 25.0. The molecule has 0 saturated carbocycles. The minimum atomic E-state index is -3.72. The zero-order valence-electron chi connectivity index (χ0n) is 16.0. The van der Waals surface area contributed by atoms with E-state index in [0.29, 0.717) is 0 Å². The first-order chi connectivity index (χ1) is 13.5. The van der Waals surface area contributed by atoms with E-state index in [1.807, 2.05) is 4.72 Å². The van der Waals surface area contributed by atoms with Gasteiger partial charge < -0.3 is 10.6 Å². The molecule has 0 fully saturated rings. The Bertz CT molecular complexity index is 1030. The molecule has 0 radical (unpaired) electrons. The summed E-state index contributed by atoms with van der Waals surface area (Å²) in [6, 6.07) is 7.70. The Morgan fingerprint density at radius 3 is 2.24 bits per heavy atom. The fraction of sp³-hybridized carbons (Fsp3) is 0.263. The van der Waals surface area contributed by atoms with Crippen molar-refractivity contribution in [3.8, 4) is 0 Å². The summed E-state index contributed by atoms with van der Waals surface area (Å²) in [5, 5.41) is 4.98. The Morgan fingerprint density at radius 1 is 1.00 bits per heavy atom. The molecule has 0 spiro atoms. The molecule has 1 atom stereocenters. The molecule has 0 bridgehead atoms. The minimum Gasteiger partial charge on any atom is -0.340 e. The van der Waals surface area contributed by atoms with Gasteiger partial charge in [0.05, 0.1) is 17.5 Å². The number of hydrogen-bond acceptors (Lipinski definition) is 4. The van der Waals surface area contributed by atoms with E-state index in [4.69, 9.17) is 0 Å². The van der Waals surface area contributed by atoms with Crippen LogP contribution in [0.1, 0.15) is 24.2 Å². The van der Waals surface area contributed by atoms with Crippen LogP contribution >= 0.6 is 0 Å². The predicted molar refractivity (Wildman–Crippen MR) is 106 cm³/mol. The quantitative estimate of drug-likeness (QED) is 0.634. The number of anilines is 2. The summed E-state index contributed by atoms with van der Waals surface area (Å²) in [7, 11) is -3.72. The lowest BCUT2D eigenvalue weighted by molar-refractivity contribution is -0.118. The second-order valence-corrected chi connectivity index (χ2v) is 8.48. The number of halogens is 2.